The molecule has 1 saturated heterocycles. The van der Waals surface area contributed by atoms with Crippen LogP contribution < -0.4 is 0 Å². The second-order valence-electron chi connectivity index (χ2n) is 5.10. The molecule has 2 nitrogen and oxygen atoms in total. The predicted molar refractivity (Wildman–Crippen MR) is 76.6 cm³/mol. The quantitative estimate of drug-likeness (QED) is 0.831. The first kappa shape index (κ1) is 12.4. The molecule has 0 radical (unpaired) electrons. The average Bonchev–Trinajstić information content (AvgIpc) is 2.84. The maximum Gasteiger partial charge on any atom is 0.145 e. The van der Waals surface area contributed by atoms with Gasteiger partial charge in [-0.1, -0.05) is 60.7 Å². The highest BCUT2D eigenvalue weighted by atomic mass is 16.5. The van der Waals surface area contributed by atoms with Crippen molar-refractivity contribution in [2.24, 2.45) is 0 Å². The third-order valence-electron chi connectivity index (χ3n) is 3.87. The molecular weight excluding hydrogens is 234 g/mol. The Morgan fingerprint density at radius 1 is 1.00 bits per heavy atom. The van der Waals surface area contributed by atoms with E-state index in [1.165, 1.54) is 11.1 Å². The molecule has 0 saturated carbocycles. The normalized spacial score (nSPS) is 23.6. The van der Waals surface area contributed by atoms with E-state index >= 15 is 0 Å². The summed E-state index contributed by atoms with van der Waals surface area (Å²) in [5.74, 6) is 0. The number of rotatable bonds is 3. The van der Waals surface area contributed by atoms with Gasteiger partial charge < -0.3 is 4.74 Å². The molecule has 2 aromatic rings. The average molecular weight is 253 g/mol. The number of hydrogen-bond acceptors (Lipinski definition) is 2. The largest absolute Gasteiger partial charge is 0.355 e. The minimum absolute atomic E-state index is 0.308. The van der Waals surface area contributed by atoms with Crippen molar-refractivity contribution in [3.63, 3.8) is 0 Å². The van der Waals surface area contributed by atoms with Crippen molar-refractivity contribution >= 4 is 0 Å². The minimum atomic E-state index is -0.308. The Labute approximate surface area is 114 Å². The van der Waals surface area contributed by atoms with Crippen LogP contribution in [0.15, 0.2) is 60.7 Å². The van der Waals surface area contributed by atoms with Crippen LogP contribution in [0.3, 0.4) is 0 Å². The molecule has 98 valence electrons. The van der Waals surface area contributed by atoms with Gasteiger partial charge in [-0.15, -0.1) is 0 Å². The van der Waals surface area contributed by atoms with Crippen molar-refractivity contribution < 1.29 is 4.74 Å². The Kier molecular flexibility index (Phi) is 3.36. The fourth-order valence-corrected chi connectivity index (χ4v) is 2.71. The van der Waals surface area contributed by atoms with Gasteiger partial charge in [0.05, 0.1) is 6.61 Å². The lowest BCUT2D eigenvalue weighted by atomic mass is 10.0. The van der Waals surface area contributed by atoms with E-state index in [-0.39, 0.29) is 5.72 Å². The van der Waals surface area contributed by atoms with Crippen molar-refractivity contribution in [2.75, 3.05) is 13.2 Å². The highest BCUT2D eigenvalue weighted by Gasteiger charge is 2.39. The van der Waals surface area contributed by atoms with Crippen molar-refractivity contribution in [3.8, 4) is 0 Å². The summed E-state index contributed by atoms with van der Waals surface area (Å²) in [5, 5.41) is 0. The van der Waals surface area contributed by atoms with Gasteiger partial charge in [0.15, 0.2) is 0 Å². The molecule has 1 atom stereocenters. The van der Waals surface area contributed by atoms with Crippen LogP contribution in [0.5, 0.6) is 0 Å². The highest BCUT2D eigenvalue weighted by molar-refractivity contribution is 5.23. The molecule has 0 bridgehead atoms. The molecule has 19 heavy (non-hydrogen) atoms. The van der Waals surface area contributed by atoms with Gasteiger partial charge in [0.1, 0.15) is 5.72 Å². The molecule has 2 heteroatoms. The van der Waals surface area contributed by atoms with E-state index in [0.717, 1.165) is 19.7 Å². The Balaban J connectivity index is 1.85. The van der Waals surface area contributed by atoms with E-state index in [2.05, 4.69) is 66.4 Å². The molecule has 1 aliphatic rings. The zero-order valence-corrected chi connectivity index (χ0v) is 11.3. The summed E-state index contributed by atoms with van der Waals surface area (Å²) in [6.45, 7) is 4.85. The molecule has 1 fully saturated rings. The maximum absolute atomic E-state index is 6.04. The summed E-state index contributed by atoms with van der Waals surface area (Å²) in [6, 6.07) is 21.0. The van der Waals surface area contributed by atoms with Crippen molar-refractivity contribution in [1.29, 1.82) is 0 Å². The topological polar surface area (TPSA) is 12.5 Å². The molecule has 0 unspecified atom stereocenters. The first-order valence-electron chi connectivity index (χ1n) is 6.77. The fourth-order valence-electron chi connectivity index (χ4n) is 2.71. The molecule has 2 aromatic carbocycles. The summed E-state index contributed by atoms with van der Waals surface area (Å²) in [5.41, 5.74) is 2.25. The van der Waals surface area contributed by atoms with E-state index in [1.54, 1.807) is 0 Å². The first-order valence-corrected chi connectivity index (χ1v) is 6.77. The smallest absolute Gasteiger partial charge is 0.145 e. The molecule has 3 rings (SSSR count). The lowest BCUT2D eigenvalue weighted by molar-refractivity contribution is -0.0765. The lowest BCUT2D eigenvalue weighted by Crippen LogP contribution is -2.39. The van der Waals surface area contributed by atoms with Crippen LogP contribution in [-0.2, 0) is 17.0 Å². The third kappa shape index (κ3) is 2.42. The van der Waals surface area contributed by atoms with E-state index in [1.807, 2.05) is 6.07 Å². The van der Waals surface area contributed by atoms with Crippen LogP contribution >= 0.6 is 0 Å². The number of ether oxygens (including phenoxy) is 1. The summed E-state index contributed by atoms with van der Waals surface area (Å²) in [4.78, 5) is 2.40. The lowest BCUT2D eigenvalue weighted by Gasteiger charge is -2.34. The van der Waals surface area contributed by atoms with E-state index in [9.17, 15) is 0 Å². The Morgan fingerprint density at radius 3 is 2.32 bits per heavy atom. The first-order chi connectivity index (χ1) is 9.29. The van der Waals surface area contributed by atoms with Crippen LogP contribution in [0, 0.1) is 0 Å². The fraction of sp³-hybridized carbons (Fsp3) is 0.294. The van der Waals surface area contributed by atoms with E-state index in [4.69, 9.17) is 4.74 Å². The molecule has 0 aliphatic carbocycles. The molecule has 0 aromatic heterocycles. The van der Waals surface area contributed by atoms with E-state index in [0.29, 0.717) is 0 Å². The molecule has 1 aliphatic heterocycles. The highest BCUT2D eigenvalue weighted by Crippen LogP contribution is 2.34. The van der Waals surface area contributed by atoms with Gasteiger partial charge in [-0.25, -0.2) is 0 Å². The molecule has 0 N–H and O–H groups in total. The van der Waals surface area contributed by atoms with E-state index < -0.39 is 0 Å². The van der Waals surface area contributed by atoms with Gasteiger partial charge in [0.25, 0.3) is 0 Å². The second kappa shape index (κ2) is 5.16. The van der Waals surface area contributed by atoms with Gasteiger partial charge in [-0.3, -0.25) is 4.90 Å². The van der Waals surface area contributed by atoms with Gasteiger partial charge in [-0.05, 0) is 18.1 Å². The number of nitrogens with zero attached hydrogens (tertiary/aromatic N) is 1. The molecule has 1 heterocycles. The Morgan fingerprint density at radius 2 is 1.63 bits per heavy atom. The molecule has 0 spiro atoms. The van der Waals surface area contributed by atoms with Crippen LogP contribution in [-0.4, -0.2) is 18.1 Å². The summed E-state index contributed by atoms with van der Waals surface area (Å²) < 4.78 is 6.04. The van der Waals surface area contributed by atoms with Crippen LogP contribution in [0.1, 0.15) is 18.1 Å². The summed E-state index contributed by atoms with van der Waals surface area (Å²) in [6.07, 6.45) is 0. The van der Waals surface area contributed by atoms with Crippen LogP contribution in [0.2, 0.25) is 0 Å². The van der Waals surface area contributed by atoms with Crippen molar-refractivity contribution in [1.82, 2.24) is 4.90 Å². The van der Waals surface area contributed by atoms with Crippen molar-refractivity contribution in [2.45, 2.75) is 19.2 Å². The standard InChI is InChI=1S/C17H19NO/c1-17(16-10-6-3-7-11-16)18(12-13-19-17)14-15-8-4-2-5-9-15/h2-11H,12-14H2,1H3/t17-/m1/s1. The SMILES string of the molecule is C[C@]1(c2ccccc2)OCCN1Cc1ccccc1. The Hall–Kier alpha value is -1.64. The third-order valence-corrected chi connectivity index (χ3v) is 3.87. The van der Waals surface area contributed by atoms with Gasteiger partial charge in [0.2, 0.25) is 0 Å². The van der Waals surface area contributed by atoms with Gasteiger partial charge >= 0.3 is 0 Å². The zero-order chi connectivity index (χ0) is 13.1. The zero-order valence-electron chi connectivity index (χ0n) is 11.3. The number of hydrogen-bond donors (Lipinski definition) is 0. The van der Waals surface area contributed by atoms with Crippen molar-refractivity contribution in [3.05, 3.63) is 71.8 Å². The minimum Gasteiger partial charge on any atom is -0.355 e. The predicted octanol–water partition coefficient (Wildman–Crippen LogP) is 3.39. The maximum atomic E-state index is 6.04. The number of benzene rings is 2. The molecular formula is C17H19NO. The summed E-state index contributed by atoms with van der Waals surface area (Å²) in [7, 11) is 0. The van der Waals surface area contributed by atoms with Crippen LogP contribution in [0.25, 0.3) is 0 Å². The second-order valence-corrected chi connectivity index (χ2v) is 5.10. The monoisotopic (exact) mass is 253 g/mol. The van der Waals surface area contributed by atoms with Gasteiger partial charge in [-0.2, -0.15) is 0 Å². The Bertz CT molecular complexity index is 525. The van der Waals surface area contributed by atoms with Crippen LogP contribution in [0.4, 0.5) is 0 Å². The van der Waals surface area contributed by atoms with Gasteiger partial charge in [0, 0.05) is 13.1 Å². The molecule has 0 amide bonds. The summed E-state index contributed by atoms with van der Waals surface area (Å²) >= 11 is 0.